The van der Waals surface area contributed by atoms with Gasteiger partial charge < -0.3 is 9.47 Å². The maximum atomic E-state index is 13.0. The van der Waals surface area contributed by atoms with E-state index >= 15 is 0 Å². The Hall–Kier alpha value is -2.72. The van der Waals surface area contributed by atoms with E-state index in [9.17, 15) is 13.2 Å². The predicted octanol–water partition coefficient (Wildman–Crippen LogP) is 3.75. The van der Waals surface area contributed by atoms with Crippen molar-refractivity contribution in [3.05, 3.63) is 46.2 Å². The van der Waals surface area contributed by atoms with Crippen LogP contribution in [0.4, 0.5) is 5.82 Å². The lowest BCUT2D eigenvalue weighted by Crippen LogP contribution is -2.30. The van der Waals surface area contributed by atoms with Gasteiger partial charge in [-0.1, -0.05) is 0 Å². The Balaban J connectivity index is 2.00. The number of hydrogen-bond acceptors (Lipinski definition) is 6. The zero-order valence-corrected chi connectivity index (χ0v) is 20.2. The molecule has 0 fully saturated rings. The molecule has 3 rings (SSSR count). The van der Waals surface area contributed by atoms with Crippen molar-refractivity contribution in [2.24, 2.45) is 7.05 Å². The summed E-state index contributed by atoms with van der Waals surface area (Å²) in [6.45, 7) is 10.5. The van der Waals surface area contributed by atoms with Crippen LogP contribution in [0.1, 0.15) is 40.5 Å². The molecule has 0 aliphatic carbocycles. The number of sulfonamides is 1. The van der Waals surface area contributed by atoms with Crippen LogP contribution in [0, 0.1) is 20.8 Å². The second kappa shape index (κ2) is 8.80. The summed E-state index contributed by atoms with van der Waals surface area (Å²) in [6, 6.07) is 5.06. The van der Waals surface area contributed by atoms with Crippen molar-refractivity contribution in [1.29, 1.82) is 0 Å². The molecular weight excluding hydrogens is 434 g/mol. The summed E-state index contributed by atoms with van der Waals surface area (Å²) in [6.07, 6.45) is 1.56. The average Bonchev–Trinajstić information content (AvgIpc) is 3.23. The molecule has 0 spiro atoms. The van der Waals surface area contributed by atoms with Crippen LogP contribution in [0.3, 0.4) is 0 Å². The number of carbonyl (C=O) groups excluding carboxylic acids is 1. The number of hydrogen-bond donors (Lipinski definition) is 1. The van der Waals surface area contributed by atoms with E-state index in [0.717, 1.165) is 5.56 Å². The number of thiazole rings is 1. The standard InChI is InChI=1S/C21H27N5O3S2/c1-7-26(8-2)21(27)19-14(4)23-20(30-19)16-12-17(15(5)25(16)6)31(28,29)24-18-11-13(3)9-10-22-18/h9-12H,7-8H2,1-6H3,(H,22,24). The van der Waals surface area contributed by atoms with Gasteiger partial charge in [0.15, 0.2) is 0 Å². The van der Waals surface area contributed by atoms with Gasteiger partial charge in [0, 0.05) is 32.0 Å². The van der Waals surface area contributed by atoms with Crippen LogP contribution in [0.25, 0.3) is 10.7 Å². The summed E-state index contributed by atoms with van der Waals surface area (Å²) < 4.78 is 30.4. The fraction of sp³-hybridized carbons (Fsp3) is 0.381. The minimum Gasteiger partial charge on any atom is -0.345 e. The first-order chi connectivity index (χ1) is 14.6. The Morgan fingerprint density at radius 3 is 2.48 bits per heavy atom. The molecule has 8 nitrogen and oxygen atoms in total. The highest BCUT2D eigenvalue weighted by Crippen LogP contribution is 2.33. The fourth-order valence-corrected chi connectivity index (χ4v) is 5.67. The molecule has 1 N–H and O–H groups in total. The molecule has 3 aromatic rings. The number of anilines is 1. The first-order valence-electron chi connectivity index (χ1n) is 9.97. The van der Waals surface area contributed by atoms with Gasteiger partial charge in [-0.2, -0.15) is 0 Å². The maximum absolute atomic E-state index is 13.0. The number of aryl methyl sites for hydroxylation is 2. The molecule has 1 amide bonds. The topological polar surface area (TPSA) is 97.2 Å². The molecule has 0 aromatic carbocycles. The van der Waals surface area contributed by atoms with Crippen molar-refractivity contribution in [2.45, 2.75) is 39.5 Å². The predicted molar refractivity (Wildman–Crippen MR) is 123 cm³/mol. The van der Waals surface area contributed by atoms with E-state index < -0.39 is 10.0 Å². The van der Waals surface area contributed by atoms with Gasteiger partial charge in [-0.3, -0.25) is 9.52 Å². The molecule has 166 valence electrons. The number of carbonyl (C=O) groups is 1. The van der Waals surface area contributed by atoms with E-state index in [4.69, 9.17) is 0 Å². The van der Waals surface area contributed by atoms with Gasteiger partial charge in [0.05, 0.1) is 11.4 Å². The Bertz CT molecular complexity index is 1220. The van der Waals surface area contributed by atoms with Crippen molar-refractivity contribution < 1.29 is 13.2 Å². The van der Waals surface area contributed by atoms with Crippen LogP contribution in [0.15, 0.2) is 29.3 Å². The smallest absolute Gasteiger partial charge is 0.265 e. The third kappa shape index (κ3) is 4.49. The molecule has 0 saturated carbocycles. The van der Waals surface area contributed by atoms with Crippen LogP contribution in [-0.4, -0.2) is 46.8 Å². The maximum Gasteiger partial charge on any atom is 0.265 e. The number of rotatable bonds is 7. The van der Waals surface area contributed by atoms with E-state index in [1.54, 1.807) is 54.8 Å². The van der Waals surface area contributed by atoms with Crippen molar-refractivity contribution in [3.63, 3.8) is 0 Å². The Labute approximate surface area is 187 Å². The minimum absolute atomic E-state index is 0.0581. The van der Waals surface area contributed by atoms with E-state index in [0.29, 0.717) is 40.1 Å². The molecule has 0 radical (unpaired) electrons. The Morgan fingerprint density at radius 2 is 1.87 bits per heavy atom. The number of nitrogens with one attached hydrogen (secondary N) is 1. The molecule has 0 unspecified atom stereocenters. The van der Waals surface area contributed by atoms with Crippen molar-refractivity contribution >= 4 is 33.1 Å². The zero-order chi connectivity index (χ0) is 22.9. The van der Waals surface area contributed by atoms with Gasteiger partial charge in [-0.05, 0) is 58.4 Å². The van der Waals surface area contributed by atoms with Gasteiger partial charge in [-0.25, -0.2) is 18.4 Å². The first-order valence-corrected chi connectivity index (χ1v) is 12.3. The quantitative estimate of drug-likeness (QED) is 0.578. The van der Waals surface area contributed by atoms with E-state index in [1.165, 1.54) is 11.3 Å². The molecule has 0 aliphatic heterocycles. The molecule has 3 heterocycles. The summed E-state index contributed by atoms with van der Waals surface area (Å²) in [5.41, 5.74) is 2.76. The second-order valence-electron chi connectivity index (χ2n) is 7.27. The summed E-state index contributed by atoms with van der Waals surface area (Å²) in [7, 11) is -2.05. The largest absolute Gasteiger partial charge is 0.345 e. The number of aromatic nitrogens is 3. The Kier molecular flexibility index (Phi) is 6.51. The monoisotopic (exact) mass is 461 g/mol. The van der Waals surface area contributed by atoms with Gasteiger partial charge in [-0.15, -0.1) is 11.3 Å². The summed E-state index contributed by atoms with van der Waals surface area (Å²) in [5, 5.41) is 0.605. The lowest BCUT2D eigenvalue weighted by molar-refractivity contribution is 0.0777. The van der Waals surface area contributed by atoms with Crippen LogP contribution in [0.2, 0.25) is 0 Å². The SMILES string of the molecule is CCN(CC)C(=O)c1sc(-c2cc(S(=O)(=O)Nc3cc(C)ccn3)c(C)n2C)nc1C. The van der Waals surface area contributed by atoms with Crippen molar-refractivity contribution in [3.8, 4) is 10.7 Å². The molecule has 0 aliphatic rings. The number of amides is 1. The summed E-state index contributed by atoms with van der Waals surface area (Å²) in [4.78, 5) is 23.9. The number of nitrogens with zero attached hydrogens (tertiary/aromatic N) is 4. The summed E-state index contributed by atoms with van der Waals surface area (Å²) in [5.74, 6) is 0.208. The van der Waals surface area contributed by atoms with E-state index in [-0.39, 0.29) is 16.6 Å². The minimum atomic E-state index is -3.84. The van der Waals surface area contributed by atoms with Crippen LogP contribution in [0.5, 0.6) is 0 Å². The van der Waals surface area contributed by atoms with Crippen LogP contribution in [-0.2, 0) is 17.1 Å². The normalized spacial score (nSPS) is 11.5. The molecule has 0 bridgehead atoms. The highest BCUT2D eigenvalue weighted by Gasteiger charge is 2.26. The van der Waals surface area contributed by atoms with Crippen LogP contribution >= 0.6 is 11.3 Å². The molecule has 0 saturated heterocycles. The first kappa shape index (κ1) is 23.0. The molecule has 31 heavy (non-hydrogen) atoms. The zero-order valence-electron chi connectivity index (χ0n) is 18.6. The van der Waals surface area contributed by atoms with Crippen molar-refractivity contribution in [2.75, 3.05) is 17.8 Å². The fourth-order valence-electron chi connectivity index (χ4n) is 3.29. The second-order valence-corrected chi connectivity index (χ2v) is 9.92. The molecule has 3 aromatic heterocycles. The van der Waals surface area contributed by atoms with Gasteiger partial charge in [0.2, 0.25) is 0 Å². The van der Waals surface area contributed by atoms with Crippen molar-refractivity contribution in [1.82, 2.24) is 19.4 Å². The molecule has 0 atom stereocenters. The van der Waals surface area contributed by atoms with Gasteiger partial charge in [0.1, 0.15) is 20.6 Å². The lowest BCUT2D eigenvalue weighted by Gasteiger charge is -2.17. The summed E-state index contributed by atoms with van der Waals surface area (Å²) >= 11 is 1.28. The van der Waals surface area contributed by atoms with E-state index in [1.807, 2.05) is 20.8 Å². The molecular formula is C21H27N5O3S2. The average molecular weight is 462 g/mol. The third-order valence-electron chi connectivity index (χ3n) is 5.19. The third-order valence-corrected chi connectivity index (χ3v) is 7.83. The highest BCUT2D eigenvalue weighted by molar-refractivity contribution is 7.92. The lowest BCUT2D eigenvalue weighted by atomic mass is 10.3. The van der Waals surface area contributed by atoms with Gasteiger partial charge >= 0.3 is 0 Å². The highest BCUT2D eigenvalue weighted by atomic mass is 32.2. The molecule has 10 heteroatoms. The van der Waals surface area contributed by atoms with Gasteiger partial charge in [0.25, 0.3) is 15.9 Å². The van der Waals surface area contributed by atoms with Crippen LogP contribution < -0.4 is 4.72 Å². The number of pyridine rings is 1. The Morgan fingerprint density at radius 1 is 1.19 bits per heavy atom. The van der Waals surface area contributed by atoms with E-state index in [2.05, 4.69) is 14.7 Å².